The predicted molar refractivity (Wildman–Crippen MR) is 58.9 cm³/mol. The number of nitrogens with zero attached hydrogens (tertiary/aromatic N) is 1. The minimum Gasteiger partial charge on any atom is -0.301 e. The van der Waals surface area contributed by atoms with Crippen LogP contribution in [0.1, 0.15) is 0 Å². The lowest BCUT2D eigenvalue weighted by Gasteiger charge is -2.13. The molecule has 15 heavy (non-hydrogen) atoms. The van der Waals surface area contributed by atoms with Crippen molar-refractivity contribution in [2.75, 3.05) is 5.12 Å². The summed E-state index contributed by atoms with van der Waals surface area (Å²) in [6.45, 7) is 0. The maximum Gasteiger partial charge on any atom is 0.0748 e. The van der Waals surface area contributed by atoms with E-state index in [1.165, 1.54) is 0 Å². The van der Waals surface area contributed by atoms with E-state index in [1.807, 2.05) is 6.07 Å². The van der Waals surface area contributed by atoms with Crippen molar-refractivity contribution >= 4 is 17.1 Å². The fraction of sp³-hybridized carbons (Fsp3) is 0. The van der Waals surface area contributed by atoms with Crippen LogP contribution in [0.4, 0.5) is 21.5 Å². The predicted octanol–water partition coefficient (Wildman–Crippen LogP) is 3.62. The molecule has 0 spiro atoms. The molecule has 0 saturated heterocycles. The summed E-state index contributed by atoms with van der Waals surface area (Å²) in [5.41, 5.74) is 8.58. The SMILES string of the molecule is [NH]c1ccc(N(F)c2ccccc2)cc1. The van der Waals surface area contributed by atoms with E-state index in [-0.39, 0.29) is 0 Å². The van der Waals surface area contributed by atoms with E-state index in [2.05, 4.69) is 0 Å². The highest BCUT2D eigenvalue weighted by atomic mass is 19.2. The van der Waals surface area contributed by atoms with Crippen LogP contribution in [0, 0.1) is 0 Å². The fourth-order valence-electron chi connectivity index (χ4n) is 1.30. The van der Waals surface area contributed by atoms with Gasteiger partial charge in [-0.1, -0.05) is 22.7 Å². The lowest BCUT2D eigenvalue weighted by atomic mass is 10.2. The number of para-hydroxylation sites is 1. The van der Waals surface area contributed by atoms with E-state index in [9.17, 15) is 4.48 Å². The molecule has 75 valence electrons. The molecule has 0 unspecified atom stereocenters. The summed E-state index contributed by atoms with van der Waals surface area (Å²) in [5.74, 6) is 0. The Balaban J connectivity index is 2.29. The Hall–Kier alpha value is -2.03. The van der Waals surface area contributed by atoms with Gasteiger partial charge in [-0.05, 0) is 36.4 Å². The largest absolute Gasteiger partial charge is 0.301 e. The molecule has 2 nitrogen and oxygen atoms in total. The second kappa shape index (κ2) is 4.00. The molecule has 0 aliphatic rings. The highest BCUT2D eigenvalue weighted by Gasteiger charge is 2.06. The second-order valence-corrected chi connectivity index (χ2v) is 3.16. The Bertz CT molecular complexity index is 425. The summed E-state index contributed by atoms with van der Waals surface area (Å²) in [5, 5.41) is 0.597. The molecular formula is C12H10FN2. The number of rotatable bonds is 2. The Morgan fingerprint density at radius 1 is 0.800 bits per heavy atom. The fourth-order valence-corrected chi connectivity index (χ4v) is 1.30. The van der Waals surface area contributed by atoms with Crippen molar-refractivity contribution in [2.24, 2.45) is 0 Å². The minimum absolute atomic E-state index is 0.375. The summed E-state index contributed by atoms with van der Waals surface area (Å²) in [6.07, 6.45) is 0. The Morgan fingerprint density at radius 2 is 1.33 bits per heavy atom. The van der Waals surface area contributed by atoms with E-state index in [4.69, 9.17) is 5.73 Å². The minimum atomic E-state index is 0.375. The van der Waals surface area contributed by atoms with Crippen LogP contribution in [-0.4, -0.2) is 0 Å². The molecule has 0 heterocycles. The maximum absolute atomic E-state index is 13.8. The number of hydrogen-bond donors (Lipinski definition) is 0. The summed E-state index contributed by atoms with van der Waals surface area (Å²) >= 11 is 0. The average molecular weight is 201 g/mol. The standard InChI is InChI=1S/C12H10FN2/c13-15(11-4-2-1-3-5-11)12-8-6-10(14)7-9-12/h1-9,14H. The average Bonchev–Trinajstić information content (AvgIpc) is 2.30. The van der Waals surface area contributed by atoms with Gasteiger partial charge in [0.05, 0.1) is 17.1 Å². The highest BCUT2D eigenvalue weighted by molar-refractivity contribution is 5.61. The molecule has 0 atom stereocenters. The van der Waals surface area contributed by atoms with Crippen molar-refractivity contribution < 1.29 is 4.48 Å². The number of halogens is 1. The molecule has 0 bridgehead atoms. The van der Waals surface area contributed by atoms with Gasteiger partial charge < -0.3 is 5.73 Å². The van der Waals surface area contributed by atoms with Gasteiger partial charge in [-0.3, -0.25) is 0 Å². The Morgan fingerprint density at radius 3 is 1.93 bits per heavy atom. The highest BCUT2D eigenvalue weighted by Crippen LogP contribution is 2.26. The molecule has 1 radical (unpaired) electrons. The van der Waals surface area contributed by atoms with E-state index < -0.39 is 0 Å². The number of nitrogens with one attached hydrogen (secondary N) is 1. The third-order valence-corrected chi connectivity index (χ3v) is 2.08. The van der Waals surface area contributed by atoms with Gasteiger partial charge in [0.15, 0.2) is 0 Å². The number of anilines is 2. The molecule has 0 aliphatic carbocycles. The summed E-state index contributed by atoms with van der Waals surface area (Å²) < 4.78 is 13.8. The first-order chi connectivity index (χ1) is 7.27. The molecular weight excluding hydrogens is 191 g/mol. The number of benzene rings is 2. The van der Waals surface area contributed by atoms with Gasteiger partial charge in [0.2, 0.25) is 0 Å². The molecule has 3 heteroatoms. The first-order valence-corrected chi connectivity index (χ1v) is 4.60. The summed E-state index contributed by atoms with van der Waals surface area (Å²) in [4.78, 5) is 0. The first kappa shape index (κ1) is 9.52. The molecule has 0 fully saturated rings. The van der Waals surface area contributed by atoms with Crippen molar-refractivity contribution in [3.8, 4) is 0 Å². The van der Waals surface area contributed by atoms with Crippen molar-refractivity contribution in [3.63, 3.8) is 0 Å². The topological polar surface area (TPSA) is 27.0 Å². The summed E-state index contributed by atoms with van der Waals surface area (Å²) in [6, 6.07) is 15.1. The Kier molecular flexibility index (Phi) is 2.54. The zero-order valence-corrected chi connectivity index (χ0v) is 8.02. The molecule has 0 saturated carbocycles. The van der Waals surface area contributed by atoms with Crippen LogP contribution in [0.5, 0.6) is 0 Å². The monoisotopic (exact) mass is 201 g/mol. The van der Waals surface area contributed by atoms with Crippen molar-refractivity contribution in [3.05, 3.63) is 54.6 Å². The van der Waals surface area contributed by atoms with Crippen LogP contribution in [-0.2, 0) is 0 Å². The van der Waals surface area contributed by atoms with Crippen LogP contribution < -0.4 is 10.9 Å². The molecule has 0 aliphatic heterocycles. The molecule has 0 amide bonds. The quantitative estimate of drug-likeness (QED) is 0.681. The van der Waals surface area contributed by atoms with Crippen LogP contribution >= 0.6 is 0 Å². The van der Waals surface area contributed by atoms with Gasteiger partial charge in [0.25, 0.3) is 0 Å². The van der Waals surface area contributed by atoms with Crippen LogP contribution in [0.25, 0.3) is 0 Å². The molecule has 2 aromatic carbocycles. The zero-order chi connectivity index (χ0) is 10.7. The van der Waals surface area contributed by atoms with Crippen LogP contribution in [0.15, 0.2) is 54.6 Å². The summed E-state index contributed by atoms with van der Waals surface area (Å²) in [7, 11) is 0. The third kappa shape index (κ3) is 2.07. The molecule has 2 rings (SSSR count). The smallest absolute Gasteiger partial charge is 0.0748 e. The van der Waals surface area contributed by atoms with Gasteiger partial charge in [-0.15, -0.1) is 0 Å². The van der Waals surface area contributed by atoms with E-state index >= 15 is 0 Å². The molecule has 2 aromatic rings. The van der Waals surface area contributed by atoms with Crippen LogP contribution in [0.3, 0.4) is 0 Å². The second-order valence-electron chi connectivity index (χ2n) is 3.16. The lowest BCUT2D eigenvalue weighted by molar-refractivity contribution is 0.505. The van der Waals surface area contributed by atoms with E-state index in [0.717, 1.165) is 0 Å². The zero-order valence-electron chi connectivity index (χ0n) is 8.02. The van der Waals surface area contributed by atoms with Gasteiger partial charge in [0.1, 0.15) is 0 Å². The third-order valence-electron chi connectivity index (χ3n) is 2.08. The number of hydrogen-bond acceptors (Lipinski definition) is 1. The van der Waals surface area contributed by atoms with Gasteiger partial charge in [-0.25, -0.2) is 0 Å². The normalized spacial score (nSPS) is 9.93. The van der Waals surface area contributed by atoms with E-state index in [1.54, 1.807) is 48.5 Å². The maximum atomic E-state index is 13.8. The van der Waals surface area contributed by atoms with Gasteiger partial charge >= 0.3 is 0 Å². The molecule has 1 N–H and O–H groups in total. The van der Waals surface area contributed by atoms with Crippen molar-refractivity contribution in [1.82, 2.24) is 5.73 Å². The van der Waals surface area contributed by atoms with E-state index in [0.29, 0.717) is 22.2 Å². The van der Waals surface area contributed by atoms with Crippen LogP contribution in [0.2, 0.25) is 0 Å². The van der Waals surface area contributed by atoms with Gasteiger partial charge in [0, 0.05) is 0 Å². The first-order valence-electron chi connectivity index (χ1n) is 4.60. The van der Waals surface area contributed by atoms with Gasteiger partial charge in [-0.2, -0.15) is 5.12 Å². The lowest BCUT2D eigenvalue weighted by Crippen LogP contribution is -2.02. The van der Waals surface area contributed by atoms with Crippen molar-refractivity contribution in [1.29, 1.82) is 0 Å². The Labute approximate surface area is 87.7 Å². The molecule has 0 aromatic heterocycles. The van der Waals surface area contributed by atoms with Crippen molar-refractivity contribution in [2.45, 2.75) is 0 Å².